The molecule has 106 valence electrons. The summed E-state index contributed by atoms with van der Waals surface area (Å²) in [5.74, 6) is -1.08. The number of halogens is 1. The molecule has 0 saturated carbocycles. The van der Waals surface area contributed by atoms with Gasteiger partial charge in [-0.2, -0.15) is 0 Å². The van der Waals surface area contributed by atoms with Gasteiger partial charge in [-0.15, -0.1) is 0 Å². The number of fused-ring (bicyclic) bond motifs is 1. The second kappa shape index (κ2) is 4.97. The quantitative estimate of drug-likeness (QED) is 0.630. The second-order valence-corrected chi connectivity index (χ2v) is 4.76. The first-order valence-corrected chi connectivity index (χ1v) is 6.41. The largest absolute Gasteiger partial charge is 0.307 e. The van der Waals surface area contributed by atoms with Crippen LogP contribution in [0.2, 0.25) is 0 Å². The van der Waals surface area contributed by atoms with Gasteiger partial charge in [0, 0.05) is 18.7 Å². The molecule has 2 aromatic carbocycles. The molecule has 1 aliphatic rings. The average molecular weight is 286 g/mol. The van der Waals surface area contributed by atoms with E-state index in [1.165, 1.54) is 35.2 Å². The molecule has 0 radical (unpaired) electrons. The number of nitrogens with zero attached hydrogens (tertiary/aromatic N) is 2. The number of carbonyl (C=O) groups excluding carboxylic acids is 1. The number of hydrogen-bond acceptors (Lipinski definition) is 3. The third-order valence-electron chi connectivity index (χ3n) is 3.52. The number of nitro groups is 1. The number of anilines is 1. The van der Waals surface area contributed by atoms with Gasteiger partial charge in [0.25, 0.3) is 11.6 Å². The van der Waals surface area contributed by atoms with E-state index in [1.54, 1.807) is 12.1 Å². The molecule has 1 heterocycles. The summed E-state index contributed by atoms with van der Waals surface area (Å²) in [5.41, 5.74) is 1.22. The van der Waals surface area contributed by atoms with E-state index in [4.69, 9.17) is 0 Å². The van der Waals surface area contributed by atoms with Crippen LogP contribution in [0.5, 0.6) is 0 Å². The maximum Gasteiger partial charge on any atom is 0.271 e. The van der Waals surface area contributed by atoms with Crippen LogP contribution in [-0.4, -0.2) is 17.4 Å². The Morgan fingerprint density at radius 3 is 2.71 bits per heavy atom. The lowest BCUT2D eigenvalue weighted by molar-refractivity contribution is -0.384. The van der Waals surface area contributed by atoms with Crippen molar-refractivity contribution in [3.05, 3.63) is 69.5 Å². The molecular formula is C15H11FN2O3. The molecule has 0 spiro atoms. The highest BCUT2D eigenvalue weighted by Gasteiger charge is 2.28. The van der Waals surface area contributed by atoms with Gasteiger partial charge in [-0.05, 0) is 24.1 Å². The molecule has 1 aliphatic heterocycles. The molecule has 0 bridgehead atoms. The van der Waals surface area contributed by atoms with Crippen LogP contribution in [0.4, 0.5) is 15.8 Å². The fourth-order valence-corrected chi connectivity index (χ4v) is 2.47. The van der Waals surface area contributed by atoms with Gasteiger partial charge in [-0.3, -0.25) is 14.9 Å². The fourth-order valence-electron chi connectivity index (χ4n) is 2.47. The van der Waals surface area contributed by atoms with Crippen LogP contribution in [0.1, 0.15) is 15.9 Å². The van der Waals surface area contributed by atoms with E-state index >= 15 is 0 Å². The van der Waals surface area contributed by atoms with E-state index in [0.29, 0.717) is 18.7 Å². The Kier molecular flexibility index (Phi) is 3.13. The van der Waals surface area contributed by atoms with Crippen LogP contribution < -0.4 is 4.90 Å². The van der Waals surface area contributed by atoms with E-state index in [-0.39, 0.29) is 11.3 Å². The van der Waals surface area contributed by atoms with Crippen molar-refractivity contribution >= 4 is 17.3 Å². The molecule has 3 rings (SSSR count). The summed E-state index contributed by atoms with van der Waals surface area (Å²) in [6.07, 6.45) is 0.605. The maximum atomic E-state index is 13.7. The summed E-state index contributed by atoms with van der Waals surface area (Å²) in [4.78, 5) is 24.2. The van der Waals surface area contributed by atoms with Crippen LogP contribution in [0.15, 0.2) is 42.5 Å². The fraction of sp³-hybridized carbons (Fsp3) is 0.133. The normalized spacial score (nSPS) is 13.1. The van der Waals surface area contributed by atoms with Crippen molar-refractivity contribution in [1.82, 2.24) is 0 Å². The van der Waals surface area contributed by atoms with Crippen molar-refractivity contribution in [2.45, 2.75) is 6.42 Å². The zero-order chi connectivity index (χ0) is 15.0. The Morgan fingerprint density at radius 2 is 2.00 bits per heavy atom. The van der Waals surface area contributed by atoms with Gasteiger partial charge in [-0.1, -0.05) is 18.2 Å². The molecule has 6 heteroatoms. The molecule has 5 nitrogen and oxygen atoms in total. The number of nitro benzene ring substituents is 1. The summed E-state index contributed by atoms with van der Waals surface area (Å²) >= 11 is 0. The molecule has 0 unspecified atom stereocenters. The second-order valence-electron chi connectivity index (χ2n) is 4.76. The van der Waals surface area contributed by atoms with Crippen molar-refractivity contribution in [3.63, 3.8) is 0 Å². The van der Waals surface area contributed by atoms with E-state index in [2.05, 4.69) is 0 Å². The molecule has 0 fully saturated rings. The molecule has 0 atom stereocenters. The van der Waals surface area contributed by atoms with Crippen molar-refractivity contribution < 1.29 is 14.1 Å². The minimum absolute atomic E-state index is 0.0307. The van der Waals surface area contributed by atoms with Crippen LogP contribution in [0.3, 0.4) is 0 Å². The molecule has 21 heavy (non-hydrogen) atoms. The van der Waals surface area contributed by atoms with Crippen molar-refractivity contribution in [2.24, 2.45) is 0 Å². The van der Waals surface area contributed by atoms with E-state index in [9.17, 15) is 19.3 Å². The Balaban J connectivity index is 2.01. The van der Waals surface area contributed by atoms with Gasteiger partial charge < -0.3 is 4.90 Å². The van der Waals surface area contributed by atoms with Crippen LogP contribution in [0.25, 0.3) is 0 Å². The highest BCUT2D eigenvalue weighted by molar-refractivity contribution is 6.07. The number of hydrogen-bond donors (Lipinski definition) is 0. The first-order valence-electron chi connectivity index (χ1n) is 6.41. The summed E-state index contributed by atoms with van der Waals surface area (Å²) in [6.45, 7) is 0.393. The van der Waals surface area contributed by atoms with Crippen LogP contribution in [0, 0.1) is 15.9 Å². The topological polar surface area (TPSA) is 63.5 Å². The van der Waals surface area contributed by atoms with E-state index in [0.717, 1.165) is 5.56 Å². The summed E-state index contributed by atoms with van der Waals surface area (Å²) < 4.78 is 13.7. The average Bonchev–Trinajstić information content (AvgIpc) is 2.90. The zero-order valence-electron chi connectivity index (χ0n) is 11.0. The van der Waals surface area contributed by atoms with Gasteiger partial charge in [-0.25, -0.2) is 4.39 Å². The Labute approximate surface area is 119 Å². The van der Waals surface area contributed by atoms with Crippen molar-refractivity contribution in [1.29, 1.82) is 0 Å². The minimum Gasteiger partial charge on any atom is -0.307 e. The van der Waals surface area contributed by atoms with Gasteiger partial charge >= 0.3 is 0 Å². The standard InChI is InChI=1S/C15H11FN2O3/c16-13-4-2-1-3-12(13)15(19)17-8-7-10-5-6-11(18(20)21)9-14(10)17/h1-6,9H,7-8H2. The molecule has 0 aromatic heterocycles. The van der Waals surface area contributed by atoms with Gasteiger partial charge in [0.1, 0.15) is 5.82 Å². The van der Waals surface area contributed by atoms with Gasteiger partial charge in [0.05, 0.1) is 16.2 Å². The number of rotatable bonds is 2. The van der Waals surface area contributed by atoms with Gasteiger partial charge in [0.2, 0.25) is 0 Å². The SMILES string of the molecule is O=C(c1ccccc1F)N1CCc2ccc([N+](=O)[O-])cc21. The predicted octanol–water partition coefficient (Wildman–Crippen LogP) is 2.94. The molecular weight excluding hydrogens is 275 g/mol. The lowest BCUT2D eigenvalue weighted by atomic mass is 10.1. The van der Waals surface area contributed by atoms with Gasteiger partial charge in [0.15, 0.2) is 0 Å². The maximum absolute atomic E-state index is 13.7. The van der Waals surface area contributed by atoms with Crippen LogP contribution >= 0.6 is 0 Å². The molecule has 0 saturated heterocycles. The number of carbonyl (C=O) groups is 1. The molecule has 0 aliphatic carbocycles. The smallest absolute Gasteiger partial charge is 0.271 e. The molecule has 2 aromatic rings. The third-order valence-corrected chi connectivity index (χ3v) is 3.52. The lowest BCUT2D eigenvalue weighted by Gasteiger charge is -2.17. The zero-order valence-corrected chi connectivity index (χ0v) is 11.0. The highest BCUT2D eigenvalue weighted by Crippen LogP contribution is 2.32. The Hall–Kier alpha value is -2.76. The number of benzene rings is 2. The molecule has 0 N–H and O–H groups in total. The highest BCUT2D eigenvalue weighted by atomic mass is 19.1. The Morgan fingerprint density at radius 1 is 1.24 bits per heavy atom. The van der Waals surface area contributed by atoms with Crippen LogP contribution in [-0.2, 0) is 6.42 Å². The predicted molar refractivity (Wildman–Crippen MR) is 74.9 cm³/mol. The first-order chi connectivity index (χ1) is 10.1. The minimum atomic E-state index is -0.596. The van der Waals surface area contributed by atoms with E-state index < -0.39 is 16.6 Å². The Bertz CT molecular complexity index is 745. The summed E-state index contributed by atoms with van der Waals surface area (Å²) in [6, 6.07) is 10.1. The van der Waals surface area contributed by atoms with E-state index in [1.807, 2.05) is 0 Å². The third kappa shape index (κ3) is 2.24. The monoisotopic (exact) mass is 286 g/mol. The van der Waals surface area contributed by atoms with Crippen molar-refractivity contribution in [3.8, 4) is 0 Å². The lowest BCUT2D eigenvalue weighted by Crippen LogP contribution is -2.29. The molecule has 1 amide bonds. The summed E-state index contributed by atoms with van der Waals surface area (Å²) in [5, 5.41) is 10.8. The summed E-state index contributed by atoms with van der Waals surface area (Å²) in [7, 11) is 0. The first kappa shape index (κ1) is 13.2. The number of amides is 1. The number of non-ortho nitro benzene ring substituents is 1. The van der Waals surface area contributed by atoms with Crippen molar-refractivity contribution in [2.75, 3.05) is 11.4 Å².